The minimum Gasteiger partial charge on any atom is -0.486 e. The van der Waals surface area contributed by atoms with Gasteiger partial charge in [-0.3, -0.25) is 20.4 Å². The van der Waals surface area contributed by atoms with Crippen LogP contribution >= 0.6 is 22.9 Å². The number of hydrogen-bond acceptors (Lipinski definition) is 5. The minimum atomic E-state index is -0.582. The lowest BCUT2D eigenvalue weighted by Gasteiger charge is -2.05. The first-order valence-electron chi connectivity index (χ1n) is 8.66. The SMILES string of the molecule is O=C(NNC(=O)c1sc2ccccc2c1Cl)c1ccc(COc2ccccc2)o1. The van der Waals surface area contributed by atoms with E-state index in [0.717, 1.165) is 10.1 Å². The third-order valence-corrected chi connectivity index (χ3v) is 5.71. The third kappa shape index (κ3) is 4.26. The van der Waals surface area contributed by atoms with Crippen molar-refractivity contribution in [3.63, 3.8) is 0 Å². The smallest absolute Gasteiger partial charge is 0.305 e. The summed E-state index contributed by atoms with van der Waals surface area (Å²) in [6.45, 7) is 0.182. The van der Waals surface area contributed by atoms with E-state index in [1.54, 1.807) is 6.07 Å². The van der Waals surface area contributed by atoms with Gasteiger partial charge >= 0.3 is 5.91 Å². The summed E-state index contributed by atoms with van der Waals surface area (Å²) in [5, 5.41) is 1.15. The zero-order chi connectivity index (χ0) is 20.2. The molecule has 6 nitrogen and oxygen atoms in total. The Labute approximate surface area is 175 Å². The molecule has 4 rings (SSSR count). The highest BCUT2D eigenvalue weighted by Crippen LogP contribution is 2.34. The number of rotatable bonds is 5. The molecule has 2 aromatic heterocycles. The first-order chi connectivity index (χ1) is 14.1. The Hall–Kier alpha value is -3.29. The Kier molecular flexibility index (Phi) is 5.50. The van der Waals surface area contributed by atoms with E-state index in [4.69, 9.17) is 20.8 Å². The molecular formula is C21H15ClN2O4S. The van der Waals surface area contributed by atoms with Gasteiger partial charge in [0.15, 0.2) is 5.76 Å². The molecule has 0 spiro atoms. The van der Waals surface area contributed by atoms with Crippen molar-refractivity contribution in [2.75, 3.05) is 0 Å². The first-order valence-corrected chi connectivity index (χ1v) is 9.85. The fourth-order valence-electron chi connectivity index (χ4n) is 2.64. The molecule has 0 saturated carbocycles. The van der Waals surface area contributed by atoms with Crippen LogP contribution in [0, 0.1) is 0 Å². The van der Waals surface area contributed by atoms with Gasteiger partial charge in [0, 0.05) is 10.1 Å². The zero-order valence-corrected chi connectivity index (χ0v) is 16.5. The van der Waals surface area contributed by atoms with Crippen molar-refractivity contribution in [2.45, 2.75) is 6.61 Å². The van der Waals surface area contributed by atoms with Crippen molar-refractivity contribution in [1.82, 2.24) is 10.9 Å². The maximum Gasteiger partial charge on any atom is 0.305 e. The maximum atomic E-state index is 12.4. The Morgan fingerprint density at radius 1 is 0.931 bits per heavy atom. The number of thiophene rings is 1. The molecule has 0 atom stereocenters. The molecule has 0 aliphatic rings. The van der Waals surface area contributed by atoms with Crippen LogP contribution in [0.25, 0.3) is 10.1 Å². The van der Waals surface area contributed by atoms with E-state index < -0.39 is 11.8 Å². The van der Waals surface area contributed by atoms with Gasteiger partial charge in [-0.05, 0) is 30.3 Å². The predicted molar refractivity (Wildman–Crippen MR) is 111 cm³/mol. The van der Waals surface area contributed by atoms with Crippen molar-refractivity contribution >= 4 is 44.8 Å². The van der Waals surface area contributed by atoms with Gasteiger partial charge in [0.25, 0.3) is 5.91 Å². The second-order valence-corrected chi connectivity index (χ2v) is 7.45. The van der Waals surface area contributed by atoms with Gasteiger partial charge in [-0.25, -0.2) is 0 Å². The number of furan rings is 1. The molecule has 0 aliphatic heterocycles. The summed E-state index contributed by atoms with van der Waals surface area (Å²) < 4.78 is 11.9. The van der Waals surface area contributed by atoms with E-state index >= 15 is 0 Å². The van der Waals surface area contributed by atoms with Gasteiger partial charge in [0.1, 0.15) is 23.0 Å². The molecule has 0 saturated heterocycles. The van der Waals surface area contributed by atoms with E-state index in [9.17, 15) is 9.59 Å². The summed E-state index contributed by atoms with van der Waals surface area (Å²) in [7, 11) is 0. The molecule has 2 amide bonds. The molecule has 0 aliphatic carbocycles. The lowest BCUT2D eigenvalue weighted by atomic mass is 10.2. The van der Waals surface area contributed by atoms with Crippen LogP contribution in [0.3, 0.4) is 0 Å². The molecule has 8 heteroatoms. The van der Waals surface area contributed by atoms with Crippen LogP contribution in [0.5, 0.6) is 5.75 Å². The summed E-state index contributed by atoms with van der Waals surface area (Å²) in [5.41, 5.74) is 4.69. The van der Waals surface area contributed by atoms with Crippen LogP contribution in [0.2, 0.25) is 5.02 Å². The standard InChI is InChI=1S/C21H15ClN2O4S/c22-18-15-8-4-5-9-17(15)29-19(18)21(26)24-23-20(25)16-11-10-14(28-16)12-27-13-6-2-1-3-7-13/h1-11H,12H2,(H,23,25)(H,24,26). The number of fused-ring (bicyclic) bond motifs is 1. The molecule has 29 heavy (non-hydrogen) atoms. The predicted octanol–water partition coefficient (Wildman–Crippen LogP) is 4.80. The topological polar surface area (TPSA) is 80.6 Å². The molecule has 4 aromatic rings. The van der Waals surface area contributed by atoms with Gasteiger partial charge in [0.05, 0.1) is 5.02 Å². The van der Waals surface area contributed by atoms with Gasteiger partial charge in [0.2, 0.25) is 0 Å². The van der Waals surface area contributed by atoms with Gasteiger partial charge < -0.3 is 9.15 Å². The number of nitrogens with one attached hydrogen (secondary N) is 2. The molecule has 2 heterocycles. The largest absolute Gasteiger partial charge is 0.486 e. The second kappa shape index (κ2) is 8.38. The number of hydrazine groups is 1. The van der Waals surface area contributed by atoms with Crippen LogP contribution in [0.15, 0.2) is 71.1 Å². The van der Waals surface area contributed by atoms with E-state index in [1.807, 2.05) is 54.6 Å². The number of ether oxygens (including phenoxy) is 1. The molecule has 2 N–H and O–H groups in total. The number of amides is 2. The van der Waals surface area contributed by atoms with Crippen molar-refractivity contribution in [1.29, 1.82) is 0 Å². The van der Waals surface area contributed by atoms with Crippen LogP contribution < -0.4 is 15.6 Å². The van der Waals surface area contributed by atoms with Crippen LogP contribution in [0.1, 0.15) is 26.0 Å². The third-order valence-electron chi connectivity index (χ3n) is 4.04. The Balaban J connectivity index is 1.35. The lowest BCUT2D eigenvalue weighted by Crippen LogP contribution is -2.41. The van der Waals surface area contributed by atoms with Crippen molar-refractivity contribution < 1.29 is 18.7 Å². The van der Waals surface area contributed by atoms with Crippen LogP contribution in [-0.4, -0.2) is 11.8 Å². The average molecular weight is 427 g/mol. The minimum absolute atomic E-state index is 0.0550. The van der Waals surface area contributed by atoms with Crippen LogP contribution in [-0.2, 0) is 6.61 Å². The second-order valence-electron chi connectivity index (χ2n) is 6.02. The van der Waals surface area contributed by atoms with Crippen molar-refractivity contribution in [3.05, 3.63) is 88.2 Å². The van der Waals surface area contributed by atoms with E-state index in [2.05, 4.69) is 10.9 Å². The highest BCUT2D eigenvalue weighted by molar-refractivity contribution is 7.21. The van der Waals surface area contributed by atoms with Crippen molar-refractivity contribution in [3.8, 4) is 5.75 Å². The van der Waals surface area contributed by atoms with Gasteiger partial charge in [-0.2, -0.15) is 0 Å². The van der Waals surface area contributed by atoms with E-state index in [0.29, 0.717) is 21.4 Å². The quantitative estimate of drug-likeness (QED) is 0.449. The average Bonchev–Trinajstić information content (AvgIpc) is 3.36. The monoisotopic (exact) mass is 426 g/mol. The molecule has 0 unspecified atom stereocenters. The maximum absolute atomic E-state index is 12.4. The Bertz CT molecular complexity index is 1170. The highest BCUT2D eigenvalue weighted by Gasteiger charge is 2.18. The van der Waals surface area contributed by atoms with E-state index in [-0.39, 0.29) is 12.4 Å². The fourth-order valence-corrected chi connectivity index (χ4v) is 4.05. The summed E-state index contributed by atoms with van der Waals surface area (Å²) in [6.07, 6.45) is 0. The molecule has 0 fully saturated rings. The van der Waals surface area contributed by atoms with E-state index in [1.165, 1.54) is 17.4 Å². The van der Waals surface area contributed by atoms with Crippen LogP contribution in [0.4, 0.5) is 0 Å². The molecule has 0 bridgehead atoms. The van der Waals surface area contributed by atoms with Gasteiger partial charge in [-0.15, -0.1) is 11.3 Å². The van der Waals surface area contributed by atoms with Crippen molar-refractivity contribution in [2.24, 2.45) is 0 Å². The highest BCUT2D eigenvalue weighted by atomic mass is 35.5. The number of carbonyl (C=O) groups excluding carboxylic acids is 2. The number of carbonyl (C=O) groups is 2. The Morgan fingerprint density at radius 2 is 1.66 bits per heavy atom. The molecule has 146 valence electrons. The molecular weight excluding hydrogens is 412 g/mol. The first kappa shape index (κ1) is 19.0. The number of benzene rings is 2. The van der Waals surface area contributed by atoms with Gasteiger partial charge in [-0.1, -0.05) is 48.0 Å². The fraction of sp³-hybridized carbons (Fsp3) is 0.0476. The molecule has 2 aromatic carbocycles. The summed E-state index contributed by atoms with van der Waals surface area (Å²) in [4.78, 5) is 24.9. The summed E-state index contributed by atoms with van der Waals surface area (Å²) in [5.74, 6) is 0.157. The zero-order valence-electron chi connectivity index (χ0n) is 15.0. The number of para-hydroxylation sites is 1. The summed E-state index contributed by atoms with van der Waals surface area (Å²) in [6, 6.07) is 19.9. The summed E-state index contributed by atoms with van der Waals surface area (Å²) >= 11 is 7.53. The normalized spacial score (nSPS) is 10.7. The number of hydrogen-bond donors (Lipinski definition) is 2. The molecule has 0 radical (unpaired) electrons. The number of halogens is 1. The lowest BCUT2D eigenvalue weighted by molar-refractivity contribution is 0.0830. The Morgan fingerprint density at radius 3 is 2.45 bits per heavy atom.